The van der Waals surface area contributed by atoms with Gasteiger partial charge in [0.1, 0.15) is 0 Å². The van der Waals surface area contributed by atoms with E-state index >= 15 is 0 Å². The molecule has 0 spiro atoms. The lowest BCUT2D eigenvalue weighted by Crippen LogP contribution is -2.42. The van der Waals surface area contributed by atoms with E-state index in [9.17, 15) is 9.59 Å². The number of hydrogen-bond acceptors (Lipinski definition) is 3. The van der Waals surface area contributed by atoms with Crippen molar-refractivity contribution in [3.05, 3.63) is 0 Å². The summed E-state index contributed by atoms with van der Waals surface area (Å²) in [5.41, 5.74) is 5.80. The van der Waals surface area contributed by atoms with Crippen LogP contribution in [0.5, 0.6) is 0 Å². The number of carboxylic acid groups (broad SMARTS) is 1. The molecule has 0 bridgehead atoms. The van der Waals surface area contributed by atoms with Gasteiger partial charge in [0.05, 0.1) is 0 Å². The van der Waals surface area contributed by atoms with Gasteiger partial charge in [0.15, 0.2) is 0 Å². The number of aliphatic carboxylic acids is 1. The van der Waals surface area contributed by atoms with Gasteiger partial charge in [-0.05, 0) is 43.6 Å². The maximum absolute atomic E-state index is 11.9. The number of carboxylic acids is 1. The van der Waals surface area contributed by atoms with Crippen LogP contribution in [0.15, 0.2) is 0 Å². The summed E-state index contributed by atoms with van der Waals surface area (Å²) in [4.78, 5) is 22.4. The van der Waals surface area contributed by atoms with Gasteiger partial charge in [-0.1, -0.05) is 19.8 Å². The number of nitrogens with two attached hydrogens (primary N) is 1. The second kappa shape index (κ2) is 8.25. The molecular formula is C15H28N2O3. The molecule has 5 heteroatoms. The van der Waals surface area contributed by atoms with Crippen LogP contribution in [0.3, 0.4) is 0 Å². The van der Waals surface area contributed by atoms with Crippen molar-refractivity contribution in [2.24, 2.45) is 17.1 Å². The van der Waals surface area contributed by atoms with Gasteiger partial charge < -0.3 is 16.2 Å². The van der Waals surface area contributed by atoms with Crippen LogP contribution in [-0.4, -0.2) is 30.1 Å². The van der Waals surface area contributed by atoms with Crippen molar-refractivity contribution in [2.75, 3.05) is 13.1 Å². The van der Waals surface area contributed by atoms with Gasteiger partial charge in [-0.25, -0.2) is 0 Å². The summed E-state index contributed by atoms with van der Waals surface area (Å²) in [6, 6.07) is 0. The van der Waals surface area contributed by atoms with Gasteiger partial charge in [-0.2, -0.15) is 0 Å². The Morgan fingerprint density at radius 3 is 2.50 bits per heavy atom. The fraction of sp³-hybridized carbons (Fsp3) is 0.867. The molecule has 0 aromatic carbocycles. The Labute approximate surface area is 121 Å². The van der Waals surface area contributed by atoms with E-state index in [1.807, 2.05) is 0 Å². The van der Waals surface area contributed by atoms with E-state index in [0.717, 1.165) is 25.7 Å². The van der Waals surface area contributed by atoms with Crippen molar-refractivity contribution in [3.63, 3.8) is 0 Å². The molecule has 4 N–H and O–H groups in total. The standard InChI is InChI=1S/C15H28N2O3/c1-2-12(4-5-14(19)20)6-9-17-13(18)10-15(11-16)7-3-8-15/h12H,2-11,16H2,1H3,(H,17,18)(H,19,20). The Morgan fingerprint density at radius 2 is 2.05 bits per heavy atom. The molecular weight excluding hydrogens is 256 g/mol. The molecule has 5 nitrogen and oxygen atoms in total. The van der Waals surface area contributed by atoms with Gasteiger partial charge in [0.2, 0.25) is 5.91 Å². The van der Waals surface area contributed by atoms with Crippen LogP contribution in [-0.2, 0) is 9.59 Å². The largest absolute Gasteiger partial charge is 0.481 e. The summed E-state index contributed by atoms with van der Waals surface area (Å²) in [6.07, 6.45) is 6.55. The molecule has 1 aliphatic rings. The van der Waals surface area contributed by atoms with Gasteiger partial charge >= 0.3 is 5.97 Å². The van der Waals surface area contributed by atoms with E-state index in [0.29, 0.717) is 31.8 Å². The molecule has 1 atom stereocenters. The van der Waals surface area contributed by atoms with E-state index in [2.05, 4.69) is 12.2 Å². The third-order valence-corrected chi connectivity index (χ3v) is 4.60. The molecule has 0 aromatic rings. The molecule has 1 aliphatic carbocycles. The van der Waals surface area contributed by atoms with Crippen LogP contribution in [0.1, 0.15) is 58.3 Å². The molecule has 0 saturated heterocycles. The van der Waals surface area contributed by atoms with Gasteiger partial charge in [-0.3, -0.25) is 9.59 Å². The van der Waals surface area contributed by atoms with Gasteiger partial charge in [-0.15, -0.1) is 0 Å². The van der Waals surface area contributed by atoms with Crippen LogP contribution in [0.2, 0.25) is 0 Å². The molecule has 0 aromatic heterocycles. The Bertz CT molecular complexity index is 322. The first kappa shape index (κ1) is 17.0. The molecule has 1 fully saturated rings. The Kier molecular flexibility index (Phi) is 6.99. The molecule has 1 rings (SSSR count). The molecule has 0 radical (unpaired) electrons. The molecule has 1 amide bonds. The van der Waals surface area contributed by atoms with Crippen LogP contribution in [0.4, 0.5) is 0 Å². The summed E-state index contributed by atoms with van der Waals surface area (Å²) < 4.78 is 0. The number of nitrogens with one attached hydrogen (secondary N) is 1. The van der Waals surface area contributed by atoms with Crippen molar-refractivity contribution in [3.8, 4) is 0 Å². The lowest BCUT2D eigenvalue weighted by atomic mass is 9.66. The van der Waals surface area contributed by atoms with Crippen molar-refractivity contribution < 1.29 is 14.7 Å². The minimum atomic E-state index is -0.748. The van der Waals surface area contributed by atoms with Crippen LogP contribution < -0.4 is 11.1 Å². The van der Waals surface area contributed by atoms with Crippen molar-refractivity contribution >= 4 is 11.9 Å². The van der Waals surface area contributed by atoms with E-state index < -0.39 is 5.97 Å². The first-order chi connectivity index (χ1) is 9.51. The zero-order valence-corrected chi connectivity index (χ0v) is 12.5. The second-order valence-electron chi connectivity index (χ2n) is 6.08. The first-order valence-electron chi connectivity index (χ1n) is 7.70. The summed E-state index contributed by atoms with van der Waals surface area (Å²) >= 11 is 0. The van der Waals surface area contributed by atoms with Gasteiger partial charge in [0.25, 0.3) is 0 Å². The first-order valence-corrected chi connectivity index (χ1v) is 7.70. The SMILES string of the molecule is CCC(CCNC(=O)CC1(CN)CCC1)CCC(=O)O. The summed E-state index contributed by atoms with van der Waals surface area (Å²) in [5.74, 6) is -0.288. The topological polar surface area (TPSA) is 92.4 Å². The highest BCUT2D eigenvalue weighted by Crippen LogP contribution is 2.42. The molecule has 20 heavy (non-hydrogen) atoms. The van der Waals surface area contributed by atoms with Crippen molar-refractivity contribution in [2.45, 2.75) is 58.3 Å². The highest BCUT2D eigenvalue weighted by molar-refractivity contribution is 5.76. The number of carbonyl (C=O) groups excluding carboxylic acids is 1. The van der Waals surface area contributed by atoms with E-state index in [-0.39, 0.29) is 17.7 Å². The Balaban J connectivity index is 2.18. The highest BCUT2D eigenvalue weighted by atomic mass is 16.4. The number of hydrogen-bond donors (Lipinski definition) is 3. The number of rotatable bonds is 10. The average Bonchev–Trinajstić information content (AvgIpc) is 2.37. The summed E-state index contributed by atoms with van der Waals surface area (Å²) in [5, 5.41) is 11.6. The molecule has 0 heterocycles. The third-order valence-electron chi connectivity index (χ3n) is 4.60. The smallest absolute Gasteiger partial charge is 0.303 e. The fourth-order valence-corrected chi connectivity index (χ4v) is 2.83. The van der Waals surface area contributed by atoms with Crippen molar-refractivity contribution in [1.29, 1.82) is 0 Å². The normalized spacial score (nSPS) is 18.1. The number of amides is 1. The van der Waals surface area contributed by atoms with E-state index in [1.165, 1.54) is 6.42 Å². The quantitative estimate of drug-likeness (QED) is 0.571. The molecule has 1 unspecified atom stereocenters. The molecule has 116 valence electrons. The average molecular weight is 284 g/mol. The number of carbonyl (C=O) groups is 2. The third kappa shape index (κ3) is 5.49. The minimum absolute atomic E-state index is 0.0531. The predicted octanol–water partition coefficient (Wildman–Crippen LogP) is 1.90. The monoisotopic (exact) mass is 284 g/mol. The maximum atomic E-state index is 11.9. The molecule has 1 saturated carbocycles. The predicted molar refractivity (Wildman–Crippen MR) is 78.2 cm³/mol. The van der Waals surface area contributed by atoms with Crippen molar-refractivity contribution in [1.82, 2.24) is 5.32 Å². The van der Waals surface area contributed by atoms with Crippen LogP contribution >= 0.6 is 0 Å². The highest BCUT2D eigenvalue weighted by Gasteiger charge is 2.37. The Morgan fingerprint density at radius 1 is 1.35 bits per heavy atom. The lowest BCUT2D eigenvalue weighted by molar-refractivity contribution is -0.137. The minimum Gasteiger partial charge on any atom is -0.481 e. The Hall–Kier alpha value is -1.10. The summed E-state index contributed by atoms with van der Waals surface area (Å²) in [6.45, 7) is 3.29. The summed E-state index contributed by atoms with van der Waals surface area (Å²) in [7, 11) is 0. The molecule has 0 aliphatic heterocycles. The lowest BCUT2D eigenvalue weighted by Gasteiger charge is -2.40. The van der Waals surface area contributed by atoms with Crippen LogP contribution in [0, 0.1) is 11.3 Å². The van der Waals surface area contributed by atoms with E-state index in [1.54, 1.807) is 0 Å². The van der Waals surface area contributed by atoms with E-state index in [4.69, 9.17) is 10.8 Å². The zero-order valence-electron chi connectivity index (χ0n) is 12.5. The van der Waals surface area contributed by atoms with Crippen LogP contribution in [0.25, 0.3) is 0 Å². The maximum Gasteiger partial charge on any atom is 0.303 e. The zero-order chi connectivity index (χ0) is 15.0. The van der Waals surface area contributed by atoms with Gasteiger partial charge in [0, 0.05) is 19.4 Å². The second-order valence-corrected chi connectivity index (χ2v) is 6.08. The fourth-order valence-electron chi connectivity index (χ4n) is 2.83.